The molecule has 11 nitrogen and oxygen atoms in total. The molecule has 3 atom stereocenters. The zero-order valence-corrected chi connectivity index (χ0v) is 30.6. The summed E-state index contributed by atoms with van der Waals surface area (Å²) in [6, 6.07) is 28.3. The number of thiazole rings is 1. The number of alkyl carbamates (subject to hydrolysis) is 1. The highest BCUT2D eigenvalue weighted by Crippen LogP contribution is 2.15. The fourth-order valence-electron chi connectivity index (χ4n) is 6.20. The van der Waals surface area contributed by atoms with Gasteiger partial charge in [-0.15, -0.1) is 11.3 Å². The molecule has 1 aliphatic rings. The second kappa shape index (κ2) is 20.9. The summed E-state index contributed by atoms with van der Waals surface area (Å²) in [4.78, 5) is 49.3. The van der Waals surface area contributed by atoms with E-state index in [4.69, 9.17) is 9.47 Å². The lowest BCUT2D eigenvalue weighted by Crippen LogP contribution is -2.54. The molecule has 0 bridgehead atoms. The van der Waals surface area contributed by atoms with Crippen molar-refractivity contribution in [3.63, 3.8) is 0 Å². The number of urea groups is 1. The van der Waals surface area contributed by atoms with Crippen LogP contribution >= 0.6 is 11.3 Å². The molecule has 52 heavy (non-hydrogen) atoms. The standard InChI is InChI=1S/C40H50N6O5S/c1-45(28-33-15-9-4-10-16-33)39(48)44-37(19-20-46-21-23-50-24-22-46)38(47)42-34(25-31-11-5-2-6-12-31)17-18-35(26-32-13-7-3-8-14-32)43-40(49)51-29-36-27-41-30-52-36/h2-16,27,30,34-35,37H,17-26,28-29H2,1H3,(H,42,47)(H,43,49)(H,44,48)/t34-,35-,37+/m1/s1. The van der Waals surface area contributed by atoms with Crippen molar-refractivity contribution in [2.45, 2.75) is 63.4 Å². The van der Waals surface area contributed by atoms with E-state index in [2.05, 4.69) is 25.8 Å². The van der Waals surface area contributed by atoms with Gasteiger partial charge in [0.1, 0.15) is 12.6 Å². The van der Waals surface area contributed by atoms with E-state index in [9.17, 15) is 14.4 Å². The second-order valence-electron chi connectivity index (χ2n) is 13.1. The average molecular weight is 727 g/mol. The van der Waals surface area contributed by atoms with Crippen LogP contribution in [-0.4, -0.2) is 90.8 Å². The van der Waals surface area contributed by atoms with Gasteiger partial charge in [0.2, 0.25) is 5.91 Å². The lowest BCUT2D eigenvalue weighted by atomic mass is 9.95. The normalized spacial score (nSPS) is 14.8. The van der Waals surface area contributed by atoms with Crippen molar-refractivity contribution in [2.24, 2.45) is 0 Å². The molecule has 2 heterocycles. The summed E-state index contributed by atoms with van der Waals surface area (Å²) < 4.78 is 11.0. The SMILES string of the molecule is CN(Cc1ccccc1)C(=O)N[C@@H](CCN1CCOCC1)C(=O)N[C@H](CC[C@H](Cc1ccccc1)NC(=O)OCc1cncs1)Cc1ccccc1. The van der Waals surface area contributed by atoms with Crippen molar-refractivity contribution in [1.29, 1.82) is 0 Å². The molecule has 5 rings (SSSR count). The minimum absolute atomic E-state index is 0.152. The monoisotopic (exact) mass is 726 g/mol. The first kappa shape index (κ1) is 38.5. The molecular formula is C40H50N6O5S. The molecule has 0 radical (unpaired) electrons. The Bertz CT molecular complexity index is 1620. The van der Waals surface area contributed by atoms with E-state index in [0.717, 1.165) is 34.7 Å². The van der Waals surface area contributed by atoms with Gasteiger partial charge in [0.05, 0.1) is 23.6 Å². The fourth-order valence-corrected chi connectivity index (χ4v) is 6.71. The lowest BCUT2D eigenvalue weighted by molar-refractivity contribution is -0.124. The van der Waals surface area contributed by atoms with Crippen molar-refractivity contribution in [1.82, 2.24) is 30.7 Å². The van der Waals surface area contributed by atoms with E-state index in [1.165, 1.54) is 11.3 Å². The first-order chi connectivity index (χ1) is 25.4. The molecule has 0 unspecified atom stereocenters. The predicted octanol–water partition coefficient (Wildman–Crippen LogP) is 5.42. The highest BCUT2D eigenvalue weighted by atomic mass is 32.1. The van der Waals surface area contributed by atoms with Gasteiger partial charge in [0.15, 0.2) is 0 Å². The molecule has 0 spiro atoms. The Kier molecular flexibility index (Phi) is 15.5. The van der Waals surface area contributed by atoms with Crippen molar-refractivity contribution in [3.8, 4) is 0 Å². The minimum atomic E-state index is -0.744. The van der Waals surface area contributed by atoms with Gasteiger partial charge in [-0.25, -0.2) is 9.59 Å². The highest BCUT2D eigenvalue weighted by Gasteiger charge is 2.27. The summed E-state index contributed by atoms with van der Waals surface area (Å²) in [6.45, 7) is 4.10. The lowest BCUT2D eigenvalue weighted by Gasteiger charge is -2.30. The van der Waals surface area contributed by atoms with Gasteiger partial charge < -0.3 is 30.3 Å². The number of rotatable bonds is 18. The van der Waals surface area contributed by atoms with E-state index in [-0.39, 0.29) is 30.6 Å². The van der Waals surface area contributed by atoms with Crippen LogP contribution in [-0.2, 0) is 40.3 Å². The molecule has 4 amide bonds. The van der Waals surface area contributed by atoms with E-state index >= 15 is 0 Å². The predicted molar refractivity (Wildman–Crippen MR) is 203 cm³/mol. The molecule has 0 saturated carbocycles. The van der Waals surface area contributed by atoms with E-state index in [0.29, 0.717) is 58.4 Å². The average Bonchev–Trinajstić information content (AvgIpc) is 3.70. The number of hydrogen-bond donors (Lipinski definition) is 3. The van der Waals surface area contributed by atoms with Crippen LogP contribution < -0.4 is 16.0 Å². The molecule has 1 fully saturated rings. The molecule has 1 aliphatic heterocycles. The van der Waals surface area contributed by atoms with Crippen LogP contribution in [0.25, 0.3) is 0 Å². The van der Waals surface area contributed by atoms with E-state index in [1.807, 2.05) is 91.0 Å². The zero-order chi connectivity index (χ0) is 36.4. The van der Waals surface area contributed by atoms with Gasteiger partial charge in [-0.1, -0.05) is 91.0 Å². The molecule has 4 aromatic rings. The van der Waals surface area contributed by atoms with Gasteiger partial charge in [0.25, 0.3) is 0 Å². The Morgan fingerprint density at radius 3 is 1.96 bits per heavy atom. The number of carbonyl (C=O) groups excluding carboxylic acids is 3. The number of benzene rings is 3. The molecule has 3 aromatic carbocycles. The van der Waals surface area contributed by atoms with Crippen molar-refractivity contribution < 1.29 is 23.9 Å². The Morgan fingerprint density at radius 2 is 1.38 bits per heavy atom. The minimum Gasteiger partial charge on any atom is -0.444 e. The summed E-state index contributed by atoms with van der Waals surface area (Å²) in [5.74, 6) is -0.229. The van der Waals surface area contributed by atoms with Gasteiger partial charge in [0, 0.05) is 51.5 Å². The topological polar surface area (TPSA) is 125 Å². The van der Waals surface area contributed by atoms with Crippen LogP contribution in [0.1, 0.15) is 40.8 Å². The third-order valence-electron chi connectivity index (χ3n) is 9.07. The Morgan fingerprint density at radius 1 is 0.808 bits per heavy atom. The third-order valence-corrected chi connectivity index (χ3v) is 9.83. The second-order valence-corrected chi connectivity index (χ2v) is 14.1. The number of nitrogens with zero attached hydrogens (tertiary/aromatic N) is 3. The van der Waals surface area contributed by atoms with Gasteiger partial charge >= 0.3 is 12.1 Å². The number of hydrogen-bond acceptors (Lipinski definition) is 8. The number of morpholine rings is 1. The highest BCUT2D eigenvalue weighted by molar-refractivity contribution is 7.09. The summed E-state index contributed by atoms with van der Waals surface area (Å²) >= 11 is 1.43. The van der Waals surface area contributed by atoms with Crippen LogP contribution in [0.3, 0.4) is 0 Å². The van der Waals surface area contributed by atoms with Crippen LogP contribution in [0.2, 0.25) is 0 Å². The first-order valence-corrected chi connectivity index (χ1v) is 18.8. The number of nitrogens with one attached hydrogen (secondary N) is 3. The molecule has 1 saturated heterocycles. The Hall–Kier alpha value is -4.78. The smallest absolute Gasteiger partial charge is 0.407 e. The third kappa shape index (κ3) is 13.4. The number of carbonyl (C=O) groups is 3. The molecule has 276 valence electrons. The van der Waals surface area contributed by atoms with Gasteiger partial charge in [-0.2, -0.15) is 0 Å². The summed E-state index contributed by atoms with van der Waals surface area (Å²) in [5.41, 5.74) is 4.88. The summed E-state index contributed by atoms with van der Waals surface area (Å²) in [5, 5.41) is 9.40. The van der Waals surface area contributed by atoms with E-state index < -0.39 is 12.1 Å². The van der Waals surface area contributed by atoms with Crippen LogP contribution in [0, 0.1) is 0 Å². The largest absolute Gasteiger partial charge is 0.444 e. The maximum absolute atomic E-state index is 14.2. The zero-order valence-electron chi connectivity index (χ0n) is 29.8. The summed E-state index contributed by atoms with van der Waals surface area (Å²) in [6.07, 6.45) is 4.03. The first-order valence-electron chi connectivity index (χ1n) is 18.0. The van der Waals surface area contributed by atoms with Crippen molar-refractivity contribution in [3.05, 3.63) is 124 Å². The van der Waals surface area contributed by atoms with E-state index in [1.54, 1.807) is 23.7 Å². The number of ether oxygens (including phenoxy) is 2. The van der Waals surface area contributed by atoms with Gasteiger partial charge in [-0.3, -0.25) is 14.7 Å². The molecule has 3 N–H and O–H groups in total. The van der Waals surface area contributed by atoms with Crippen LogP contribution in [0.5, 0.6) is 0 Å². The van der Waals surface area contributed by atoms with Crippen LogP contribution in [0.15, 0.2) is 103 Å². The van der Waals surface area contributed by atoms with Crippen LogP contribution in [0.4, 0.5) is 9.59 Å². The number of aromatic nitrogens is 1. The molecular weight excluding hydrogens is 677 g/mol. The van der Waals surface area contributed by atoms with Crippen molar-refractivity contribution in [2.75, 3.05) is 39.9 Å². The maximum Gasteiger partial charge on any atom is 0.407 e. The quantitative estimate of drug-likeness (QED) is 0.125. The molecule has 1 aromatic heterocycles. The maximum atomic E-state index is 14.2. The Balaban J connectivity index is 1.28. The summed E-state index contributed by atoms with van der Waals surface area (Å²) in [7, 11) is 1.74. The fraction of sp³-hybridized carbons (Fsp3) is 0.400. The van der Waals surface area contributed by atoms with Gasteiger partial charge in [-0.05, 0) is 48.8 Å². The molecule has 0 aliphatic carbocycles. The molecule has 12 heteroatoms. The van der Waals surface area contributed by atoms with Crippen molar-refractivity contribution >= 4 is 29.4 Å². The Labute approximate surface area is 310 Å². The number of amides is 4.